The number of hydrogen-bond acceptors (Lipinski definition) is 5. The lowest BCUT2D eigenvalue weighted by molar-refractivity contribution is -0.123. The highest BCUT2D eigenvalue weighted by Crippen LogP contribution is 2.17. The molecule has 156 valence electrons. The van der Waals surface area contributed by atoms with Crippen LogP contribution in [0.1, 0.15) is 24.0 Å². The zero-order chi connectivity index (χ0) is 20.3. The van der Waals surface area contributed by atoms with Crippen molar-refractivity contribution in [3.05, 3.63) is 77.9 Å². The van der Waals surface area contributed by atoms with Gasteiger partial charge in [0.25, 0.3) is 0 Å². The molecule has 0 saturated carbocycles. The summed E-state index contributed by atoms with van der Waals surface area (Å²) in [5.41, 5.74) is 2.18. The van der Waals surface area contributed by atoms with Gasteiger partial charge in [-0.1, -0.05) is 54.6 Å². The van der Waals surface area contributed by atoms with E-state index in [9.17, 15) is 5.11 Å². The van der Waals surface area contributed by atoms with E-state index in [1.54, 1.807) is 13.2 Å². The number of methoxy groups -OCH3 is 1. The molecule has 0 amide bonds. The Labute approximate surface area is 172 Å². The Bertz CT molecular complexity index is 729. The second kappa shape index (κ2) is 11.7. The largest absolute Gasteiger partial charge is 0.497 e. The molecule has 2 aromatic carbocycles. The third-order valence-electron chi connectivity index (χ3n) is 4.86. The van der Waals surface area contributed by atoms with E-state index >= 15 is 0 Å². The topological polar surface area (TPSA) is 57.2 Å². The molecule has 1 heterocycles. The molecular formula is C24H30O5. The van der Waals surface area contributed by atoms with Gasteiger partial charge in [0.05, 0.1) is 39.6 Å². The van der Waals surface area contributed by atoms with E-state index in [1.165, 1.54) is 0 Å². The van der Waals surface area contributed by atoms with Gasteiger partial charge in [-0.2, -0.15) is 0 Å². The van der Waals surface area contributed by atoms with Crippen LogP contribution in [0.25, 0.3) is 0 Å². The summed E-state index contributed by atoms with van der Waals surface area (Å²) in [5.74, 6) is 0.816. The monoisotopic (exact) mass is 398 g/mol. The van der Waals surface area contributed by atoms with Crippen molar-refractivity contribution in [3.8, 4) is 5.75 Å². The van der Waals surface area contributed by atoms with E-state index in [2.05, 4.69) is 0 Å². The summed E-state index contributed by atoms with van der Waals surface area (Å²) < 4.78 is 23.0. The molecule has 1 N–H and O–H groups in total. The summed E-state index contributed by atoms with van der Waals surface area (Å²) >= 11 is 0. The van der Waals surface area contributed by atoms with Gasteiger partial charge in [-0.25, -0.2) is 0 Å². The van der Waals surface area contributed by atoms with Crippen LogP contribution in [-0.2, 0) is 27.4 Å². The maximum atomic E-state index is 10.4. The molecule has 0 bridgehead atoms. The zero-order valence-corrected chi connectivity index (χ0v) is 16.9. The maximum Gasteiger partial charge on any atom is 0.118 e. The summed E-state index contributed by atoms with van der Waals surface area (Å²) in [4.78, 5) is 0. The first-order chi connectivity index (χ1) is 14.2. The molecule has 29 heavy (non-hydrogen) atoms. The van der Waals surface area contributed by atoms with Crippen LogP contribution in [0.3, 0.4) is 0 Å². The van der Waals surface area contributed by atoms with Crippen molar-refractivity contribution in [2.75, 3.05) is 20.3 Å². The Kier molecular flexibility index (Phi) is 8.71. The standard InChI is InChI=1S/C24H30O5/c1-26-21-13-11-20(12-14-21)16-28-18-24-23(25)10-6-5-9-22(29-24)17-27-15-19-7-3-2-4-8-19/h2-4,6-8,10-14,22-25H,5,9,15-18H2,1H3/b10-6-/t22-,23+,24-/m0/s1. The number of allylic oxidation sites excluding steroid dienone is 1. The first-order valence-corrected chi connectivity index (χ1v) is 10.1. The SMILES string of the molecule is COc1ccc(COC[C@@H]2O[C@H](COCc3ccccc3)CC/C=C\[C@H]2O)cc1. The average Bonchev–Trinajstić information content (AvgIpc) is 2.75. The van der Waals surface area contributed by atoms with Gasteiger partial charge in [0.15, 0.2) is 0 Å². The normalized spacial score (nSPS) is 23.2. The summed E-state index contributed by atoms with van der Waals surface area (Å²) in [5, 5.41) is 10.4. The Morgan fingerprint density at radius 1 is 0.931 bits per heavy atom. The van der Waals surface area contributed by atoms with E-state index in [0.717, 1.165) is 29.7 Å². The second-order valence-corrected chi connectivity index (χ2v) is 7.16. The predicted octanol–water partition coefficient (Wildman–Crippen LogP) is 3.89. The highest BCUT2D eigenvalue weighted by molar-refractivity contribution is 5.26. The van der Waals surface area contributed by atoms with Crippen molar-refractivity contribution in [3.63, 3.8) is 0 Å². The number of rotatable bonds is 9. The van der Waals surface area contributed by atoms with Crippen molar-refractivity contribution in [1.82, 2.24) is 0 Å². The smallest absolute Gasteiger partial charge is 0.118 e. The van der Waals surface area contributed by atoms with Crippen LogP contribution in [0, 0.1) is 0 Å². The molecule has 5 nitrogen and oxygen atoms in total. The summed E-state index contributed by atoms with van der Waals surface area (Å²) in [6.07, 6.45) is 4.32. The molecule has 0 aromatic heterocycles. The van der Waals surface area contributed by atoms with Gasteiger partial charge >= 0.3 is 0 Å². The predicted molar refractivity (Wildman–Crippen MR) is 112 cm³/mol. The first kappa shape index (κ1) is 21.5. The fourth-order valence-corrected chi connectivity index (χ4v) is 3.20. The van der Waals surface area contributed by atoms with Crippen LogP contribution in [0.4, 0.5) is 0 Å². The van der Waals surface area contributed by atoms with E-state index in [0.29, 0.717) is 26.4 Å². The molecule has 0 spiro atoms. The minimum atomic E-state index is -0.692. The second-order valence-electron chi connectivity index (χ2n) is 7.16. The fourth-order valence-electron chi connectivity index (χ4n) is 3.20. The van der Waals surface area contributed by atoms with Gasteiger partial charge in [-0.15, -0.1) is 0 Å². The fraction of sp³-hybridized carbons (Fsp3) is 0.417. The van der Waals surface area contributed by atoms with Crippen molar-refractivity contribution < 1.29 is 24.1 Å². The van der Waals surface area contributed by atoms with E-state index in [1.807, 2.05) is 60.7 Å². The number of benzene rings is 2. The Morgan fingerprint density at radius 3 is 2.34 bits per heavy atom. The molecule has 0 unspecified atom stereocenters. The molecule has 0 aliphatic carbocycles. The molecule has 0 radical (unpaired) electrons. The highest BCUT2D eigenvalue weighted by Gasteiger charge is 2.24. The minimum Gasteiger partial charge on any atom is -0.497 e. The van der Waals surface area contributed by atoms with Crippen LogP contribution in [-0.4, -0.2) is 43.7 Å². The molecule has 5 heteroatoms. The Morgan fingerprint density at radius 2 is 1.62 bits per heavy atom. The molecule has 3 atom stereocenters. The molecular weight excluding hydrogens is 368 g/mol. The zero-order valence-electron chi connectivity index (χ0n) is 16.9. The maximum absolute atomic E-state index is 10.4. The van der Waals surface area contributed by atoms with Crippen LogP contribution in [0.15, 0.2) is 66.7 Å². The Hall–Kier alpha value is -2.18. The molecule has 0 saturated heterocycles. The average molecular weight is 398 g/mol. The van der Waals surface area contributed by atoms with E-state index in [-0.39, 0.29) is 6.10 Å². The number of aliphatic hydroxyl groups is 1. The molecule has 1 aliphatic heterocycles. The lowest BCUT2D eigenvalue weighted by Crippen LogP contribution is -2.38. The van der Waals surface area contributed by atoms with E-state index in [4.69, 9.17) is 18.9 Å². The van der Waals surface area contributed by atoms with Crippen LogP contribution in [0.5, 0.6) is 5.75 Å². The first-order valence-electron chi connectivity index (χ1n) is 10.1. The van der Waals surface area contributed by atoms with Crippen LogP contribution in [0.2, 0.25) is 0 Å². The quantitative estimate of drug-likeness (QED) is 0.650. The van der Waals surface area contributed by atoms with Crippen molar-refractivity contribution in [2.24, 2.45) is 0 Å². The van der Waals surface area contributed by atoms with Gasteiger partial charge in [-0.05, 0) is 36.1 Å². The van der Waals surface area contributed by atoms with Crippen molar-refractivity contribution >= 4 is 0 Å². The number of aliphatic hydroxyl groups excluding tert-OH is 1. The van der Waals surface area contributed by atoms with Gasteiger partial charge in [0, 0.05) is 0 Å². The van der Waals surface area contributed by atoms with Crippen molar-refractivity contribution in [2.45, 2.75) is 44.4 Å². The summed E-state index contributed by atoms with van der Waals surface area (Å²) in [6, 6.07) is 17.8. The third-order valence-corrected chi connectivity index (χ3v) is 4.86. The molecule has 1 aliphatic rings. The number of ether oxygens (including phenoxy) is 4. The summed E-state index contributed by atoms with van der Waals surface area (Å²) in [6.45, 7) is 1.81. The van der Waals surface area contributed by atoms with Gasteiger partial charge < -0.3 is 24.1 Å². The third kappa shape index (κ3) is 7.29. The minimum absolute atomic E-state index is 0.0760. The highest BCUT2D eigenvalue weighted by atomic mass is 16.6. The van der Waals surface area contributed by atoms with Crippen LogP contribution >= 0.6 is 0 Å². The van der Waals surface area contributed by atoms with Crippen molar-refractivity contribution in [1.29, 1.82) is 0 Å². The van der Waals surface area contributed by atoms with Crippen LogP contribution < -0.4 is 4.74 Å². The van der Waals surface area contributed by atoms with E-state index < -0.39 is 12.2 Å². The van der Waals surface area contributed by atoms with Gasteiger partial charge in [0.2, 0.25) is 0 Å². The number of hydrogen-bond donors (Lipinski definition) is 1. The summed E-state index contributed by atoms with van der Waals surface area (Å²) in [7, 11) is 1.65. The lowest BCUT2D eigenvalue weighted by Gasteiger charge is -2.28. The Balaban J connectivity index is 1.47. The van der Waals surface area contributed by atoms with Gasteiger partial charge in [-0.3, -0.25) is 0 Å². The lowest BCUT2D eigenvalue weighted by atomic mass is 10.1. The molecule has 3 rings (SSSR count). The molecule has 2 aromatic rings. The van der Waals surface area contributed by atoms with Gasteiger partial charge in [0.1, 0.15) is 18.0 Å². The molecule has 0 fully saturated rings.